The molecule has 3 aliphatic rings. The third kappa shape index (κ3) is 2.63. The van der Waals surface area contributed by atoms with Crippen molar-refractivity contribution in [3.8, 4) is 5.75 Å². The molecule has 5 heteroatoms. The first-order valence-electron chi connectivity index (χ1n) is 8.76. The van der Waals surface area contributed by atoms with Gasteiger partial charge in [-0.15, -0.1) is 6.58 Å². The molecule has 0 aliphatic carbocycles. The minimum Gasteiger partial charge on any atom is -0.497 e. The van der Waals surface area contributed by atoms with Crippen LogP contribution in [0.15, 0.2) is 43.1 Å². The van der Waals surface area contributed by atoms with Crippen molar-refractivity contribution in [3.05, 3.63) is 48.7 Å². The van der Waals surface area contributed by atoms with Gasteiger partial charge in [0.25, 0.3) is 0 Å². The summed E-state index contributed by atoms with van der Waals surface area (Å²) in [5.41, 5.74) is 0.873. The number of hydrogen-bond donors (Lipinski definition) is 2. The van der Waals surface area contributed by atoms with Crippen LogP contribution >= 0.6 is 0 Å². The van der Waals surface area contributed by atoms with Crippen LogP contribution < -0.4 is 4.74 Å². The average molecular weight is 340 g/mol. The molecule has 4 heterocycles. The molecule has 2 N–H and O–H groups in total. The lowest BCUT2D eigenvalue weighted by atomic mass is 9.71. The maximum absolute atomic E-state index is 11.2. The monoisotopic (exact) mass is 340 g/mol. The first-order chi connectivity index (χ1) is 12.1. The highest BCUT2D eigenvalue weighted by Gasteiger charge is 2.49. The number of aliphatic hydroxyl groups is 2. The predicted octanol–water partition coefficient (Wildman–Crippen LogP) is 2.29. The molecule has 2 aromatic rings. The Morgan fingerprint density at radius 2 is 2.28 bits per heavy atom. The van der Waals surface area contributed by atoms with Crippen LogP contribution in [0.25, 0.3) is 10.9 Å². The molecule has 1 aromatic carbocycles. The summed E-state index contributed by atoms with van der Waals surface area (Å²) in [5.74, 6) is 0.901. The second kappa shape index (κ2) is 6.09. The fourth-order valence-electron chi connectivity index (χ4n) is 4.45. The van der Waals surface area contributed by atoms with Gasteiger partial charge in [-0.05, 0) is 55.1 Å². The Balaban J connectivity index is 1.69. The Labute approximate surface area is 147 Å². The molecule has 5 rings (SSSR count). The van der Waals surface area contributed by atoms with E-state index in [4.69, 9.17) is 4.74 Å². The lowest BCUT2D eigenvalue weighted by Crippen LogP contribution is -2.63. The van der Waals surface area contributed by atoms with Crippen LogP contribution in [-0.4, -0.2) is 51.9 Å². The Morgan fingerprint density at radius 3 is 2.96 bits per heavy atom. The SMILES string of the molecule is C=C[C@]1(O)C[N@@]2CC[C@@H]1C[C@@H]2C(O)c1ccnc2ccc(OC)cc12. The topological polar surface area (TPSA) is 65.8 Å². The van der Waals surface area contributed by atoms with Gasteiger partial charge in [0, 0.05) is 24.2 Å². The van der Waals surface area contributed by atoms with Gasteiger partial charge in [0.1, 0.15) is 5.75 Å². The summed E-state index contributed by atoms with van der Waals surface area (Å²) in [4.78, 5) is 6.59. The van der Waals surface area contributed by atoms with E-state index in [1.54, 1.807) is 19.4 Å². The van der Waals surface area contributed by atoms with E-state index in [2.05, 4.69) is 16.5 Å². The van der Waals surface area contributed by atoms with Crippen LogP contribution in [0.5, 0.6) is 5.75 Å². The highest BCUT2D eigenvalue weighted by Crippen LogP contribution is 2.44. The van der Waals surface area contributed by atoms with Crippen molar-refractivity contribution in [1.82, 2.24) is 9.88 Å². The molecule has 2 bridgehead atoms. The quantitative estimate of drug-likeness (QED) is 0.836. The number of aromatic nitrogens is 1. The highest BCUT2D eigenvalue weighted by molar-refractivity contribution is 5.83. The zero-order valence-corrected chi connectivity index (χ0v) is 14.4. The minimum absolute atomic E-state index is 0.00391. The maximum atomic E-state index is 11.2. The van der Waals surface area contributed by atoms with Gasteiger partial charge in [-0.3, -0.25) is 9.88 Å². The van der Waals surface area contributed by atoms with Crippen LogP contribution in [0, 0.1) is 5.92 Å². The number of nitrogens with zero attached hydrogens (tertiary/aromatic N) is 2. The van der Waals surface area contributed by atoms with E-state index < -0.39 is 11.7 Å². The fraction of sp³-hybridized carbons (Fsp3) is 0.450. The average Bonchev–Trinajstić information content (AvgIpc) is 2.66. The van der Waals surface area contributed by atoms with Crippen molar-refractivity contribution < 1.29 is 14.9 Å². The molecule has 0 radical (unpaired) electrons. The zero-order valence-electron chi connectivity index (χ0n) is 14.4. The lowest BCUT2D eigenvalue weighted by molar-refractivity contribution is -0.127. The molecule has 3 fully saturated rings. The van der Waals surface area contributed by atoms with E-state index in [0.717, 1.165) is 41.6 Å². The van der Waals surface area contributed by atoms with Gasteiger partial charge < -0.3 is 14.9 Å². The van der Waals surface area contributed by atoms with E-state index in [-0.39, 0.29) is 12.0 Å². The number of ether oxygens (including phenoxy) is 1. The maximum Gasteiger partial charge on any atom is 0.119 e. The molecule has 3 aliphatic heterocycles. The number of aliphatic hydroxyl groups excluding tert-OH is 1. The number of piperidine rings is 3. The molecule has 5 atom stereocenters. The molecule has 1 unspecified atom stereocenters. The lowest BCUT2D eigenvalue weighted by Gasteiger charge is -2.54. The van der Waals surface area contributed by atoms with Gasteiger partial charge in [0.05, 0.1) is 24.3 Å². The van der Waals surface area contributed by atoms with E-state index in [1.165, 1.54) is 0 Å². The van der Waals surface area contributed by atoms with Crippen molar-refractivity contribution in [3.63, 3.8) is 0 Å². The normalized spacial score (nSPS) is 32.5. The van der Waals surface area contributed by atoms with Crippen molar-refractivity contribution in [2.75, 3.05) is 20.2 Å². The van der Waals surface area contributed by atoms with Crippen LogP contribution in [0.4, 0.5) is 0 Å². The molecular weight excluding hydrogens is 316 g/mol. The van der Waals surface area contributed by atoms with Gasteiger partial charge in [0.15, 0.2) is 0 Å². The molecule has 0 saturated carbocycles. The van der Waals surface area contributed by atoms with E-state index in [1.807, 2.05) is 24.3 Å². The Hall–Kier alpha value is -1.95. The van der Waals surface area contributed by atoms with Crippen LogP contribution in [0.3, 0.4) is 0 Å². The first-order valence-corrected chi connectivity index (χ1v) is 8.76. The molecule has 0 spiro atoms. The molecule has 132 valence electrons. The number of methoxy groups -OCH3 is 1. The smallest absolute Gasteiger partial charge is 0.119 e. The number of pyridine rings is 1. The van der Waals surface area contributed by atoms with E-state index >= 15 is 0 Å². The van der Waals surface area contributed by atoms with Gasteiger partial charge in [-0.1, -0.05) is 6.08 Å². The van der Waals surface area contributed by atoms with Crippen molar-refractivity contribution >= 4 is 10.9 Å². The number of benzene rings is 1. The van der Waals surface area contributed by atoms with Crippen LogP contribution in [0.2, 0.25) is 0 Å². The molecule has 25 heavy (non-hydrogen) atoms. The highest BCUT2D eigenvalue weighted by atomic mass is 16.5. The van der Waals surface area contributed by atoms with Crippen molar-refractivity contribution in [1.29, 1.82) is 0 Å². The van der Waals surface area contributed by atoms with Crippen LogP contribution in [-0.2, 0) is 0 Å². The molecule has 0 amide bonds. The molecular formula is C20H24N2O3. The Morgan fingerprint density at radius 1 is 1.44 bits per heavy atom. The standard InChI is InChI=1S/C20H24N2O3/c1-3-20(24)12-22-9-7-13(20)10-18(22)19(23)15-6-8-21-17-5-4-14(25-2)11-16(15)17/h3-6,8,11,13,18-19,23-24H,1,7,9-10,12H2,2H3/t13-,18-,19?,20+/m1/s1. The van der Waals surface area contributed by atoms with Gasteiger partial charge in [-0.25, -0.2) is 0 Å². The van der Waals surface area contributed by atoms with Gasteiger partial charge >= 0.3 is 0 Å². The fourth-order valence-corrected chi connectivity index (χ4v) is 4.45. The second-order valence-electron chi connectivity index (χ2n) is 7.18. The van der Waals surface area contributed by atoms with Crippen molar-refractivity contribution in [2.24, 2.45) is 5.92 Å². The number of rotatable bonds is 4. The third-order valence-corrected chi connectivity index (χ3v) is 5.94. The van der Waals surface area contributed by atoms with Crippen molar-refractivity contribution in [2.45, 2.75) is 30.6 Å². The van der Waals surface area contributed by atoms with E-state index in [9.17, 15) is 10.2 Å². The summed E-state index contributed by atoms with van der Waals surface area (Å²) in [5, 5.41) is 22.8. The van der Waals surface area contributed by atoms with Gasteiger partial charge in [0.2, 0.25) is 0 Å². The third-order valence-electron chi connectivity index (χ3n) is 5.94. The summed E-state index contributed by atoms with van der Waals surface area (Å²) in [7, 11) is 1.63. The predicted molar refractivity (Wildman–Crippen MR) is 96.5 cm³/mol. The minimum atomic E-state index is -0.835. The molecule has 5 nitrogen and oxygen atoms in total. The summed E-state index contributed by atoms with van der Waals surface area (Å²) < 4.78 is 5.33. The first kappa shape index (κ1) is 16.5. The number of fused-ring (bicyclic) bond motifs is 4. The molecule has 3 saturated heterocycles. The van der Waals surface area contributed by atoms with Gasteiger partial charge in [-0.2, -0.15) is 0 Å². The zero-order chi connectivity index (χ0) is 17.6. The largest absolute Gasteiger partial charge is 0.497 e. The Bertz CT molecular complexity index is 809. The molecule has 1 aromatic heterocycles. The van der Waals surface area contributed by atoms with E-state index in [0.29, 0.717) is 6.54 Å². The summed E-state index contributed by atoms with van der Waals surface area (Å²) in [6, 6.07) is 7.60. The summed E-state index contributed by atoms with van der Waals surface area (Å²) in [6.07, 6.45) is 4.48. The Kier molecular flexibility index (Phi) is 4.02. The number of hydrogen-bond acceptors (Lipinski definition) is 5. The summed E-state index contributed by atoms with van der Waals surface area (Å²) >= 11 is 0. The summed E-state index contributed by atoms with van der Waals surface area (Å²) in [6.45, 7) is 5.24. The van der Waals surface area contributed by atoms with Crippen LogP contribution in [0.1, 0.15) is 24.5 Å². The second-order valence-corrected chi connectivity index (χ2v) is 7.18.